The average molecular weight is 575 g/mol. The Morgan fingerprint density at radius 2 is 0.978 bits per heavy atom. The summed E-state index contributed by atoms with van der Waals surface area (Å²) in [6.07, 6.45) is 0. The minimum atomic E-state index is -0.0696. The van der Waals surface area contributed by atoms with Crippen molar-refractivity contribution in [2.45, 2.75) is 19.3 Å². The molecule has 0 radical (unpaired) electrons. The smallest absolute Gasteiger partial charge is 0.161 e. The molecule has 0 bridgehead atoms. The van der Waals surface area contributed by atoms with E-state index in [0.717, 1.165) is 38.9 Å². The van der Waals surface area contributed by atoms with Gasteiger partial charge in [-0.3, -0.25) is 0 Å². The second kappa shape index (κ2) is 9.70. The number of para-hydroxylation sites is 1. The third kappa shape index (κ3) is 3.82. The lowest BCUT2D eigenvalue weighted by Gasteiger charge is -2.24. The third-order valence-electron chi connectivity index (χ3n) is 9.68. The predicted octanol–water partition coefficient (Wildman–Crippen LogP) is 11.2. The SMILES string of the molecule is CC1(C)c2ccccc2-c2ccc3c(-c4ccc(-c5nc(-c6ccccc6)c6ccccc6n5)c5ccccc45)cccc3c21. The summed E-state index contributed by atoms with van der Waals surface area (Å²) in [5.74, 6) is 0.741. The van der Waals surface area contributed by atoms with Crippen molar-refractivity contribution in [2.75, 3.05) is 0 Å². The number of nitrogens with zero attached hydrogens (tertiary/aromatic N) is 2. The summed E-state index contributed by atoms with van der Waals surface area (Å²) in [5, 5.41) is 6.01. The topological polar surface area (TPSA) is 25.8 Å². The van der Waals surface area contributed by atoms with Crippen molar-refractivity contribution in [3.63, 3.8) is 0 Å². The largest absolute Gasteiger partial charge is 0.228 e. The van der Waals surface area contributed by atoms with Gasteiger partial charge in [0.25, 0.3) is 0 Å². The molecule has 0 amide bonds. The standard InChI is InChI=1S/C43H30N2/c1-43(2)38-21-10-8-17-33(38)35-25-23-32-29(19-12-20-34(32)40(35)43)31-24-26-36(30-16-7-6-15-28(30)31)42-44-39-22-11-9-18-37(39)41(45-42)27-13-4-3-5-14-27/h3-26H,1-2H3. The Bertz CT molecular complexity index is 2450. The van der Waals surface area contributed by atoms with Gasteiger partial charge in [0.15, 0.2) is 5.82 Å². The summed E-state index contributed by atoms with van der Waals surface area (Å²) in [6, 6.07) is 52.2. The Balaban J connectivity index is 1.27. The molecule has 0 saturated heterocycles. The highest BCUT2D eigenvalue weighted by Gasteiger charge is 2.36. The lowest BCUT2D eigenvalue weighted by molar-refractivity contribution is 0.666. The highest BCUT2D eigenvalue weighted by molar-refractivity contribution is 6.11. The fourth-order valence-electron chi connectivity index (χ4n) is 7.63. The maximum atomic E-state index is 5.21. The highest BCUT2D eigenvalue weighted by Crippen LogP contribution is 2.52. The van der Waals surface area contributed by atoms with Crippen molar-refractivity contribution in [1.29, 1.82) is 0 Å². The van der Waals surface area contributed by atoms with Crippen LogP contribution in [-0.4, -0.2) is 9.97 Å². The van der Waals surface area contributed by atoms with Gasteiger partial charge in [-0.2, -0.15) is 0 Å². The molecule has 2 heteroatoms. The highest BCUT2D eigenvalue weighted by atomic mass is 14.9. The summed E-state index contributed by atoms with van der Waals surface area (Å²) in [5.41, 5.74) is 11.9. The number of rotatable bonds is 3. The van der Waals surface area contributed by atoms with Gasteiger partial charge in [-0.1, -0.05) is 147 Å². The fraction of sp³-hybridized carbons (Fsp3) is 0.0698. The normalized spacial score (nSPS) is 13.3. The molecule has 0 spiro atoms. The van der Waals surface area contributed by atoms with Crippen LogP contribution in [0.15, 0.2) is 146 Å². The lowest BCUT2D eigenvalue weighted by Crippen LogP contribution is -2.15. The fourth-order valence-corrected chi connectivity index (χ4v) is 7.63. The molecule has 0 N–H and O–H groups in total. The van der Waals surface area contributed by atoms with Gasteiger partial charge in [-0.15, -0.1) is 0 Å². The molecule has 45 heavy (non-hydrogen) atoms. The van der Waals surface area contributed by atoms with Crippen molar-refractivity contribution in [2.24, 2.45) is 0 Å². The van der Waals surface area contributed by atoms with Crippen LogP contribution in [0.5, 0.6) is 0 Å². The molecule has 1 heterocycles. The van der Waals surface area contributed by atoms with Gasteiger partial charge in [-0.25, -0.2) is 9.97 Å². The summed E-state index contributed by atoms with van der Waals surface area (Å²) in [4.78, 5) is 10.3. The molecule has 2 nitrogen and oxygen atoms in total. The van der Waals surface area contributed by atoms with E-state index in [9.17, 15) is 0 Å². The monoisotopic (exact) mass is 574 g/mol. The molecule has 0 aliphatic heterocycles. The summed E-state index contributed by atoms with van der Waals surface area (Å²) in [6.45, 7) is 4.72. The van der Waals surface area contributed by atoms with Crippen LogP contribution in [0.2, 0.25) is 0 Å². The van der Waals surface area contributed by atoms with Crippen LogP contribution in [0.25, 0.3) is 77.3 Å². The Labute approximate surface area is 262 Å². The van der Waals surface area contributed by atoms with E-state index in [2.05, 4.69) is 147 Å². The van der Waals surface area contributed by atoms with Gasteiger partial charge in [0, 0.05) is 21.9 Å². The van der Waals surface area contributed by atoms with E-state index in [0.29, 0.717) is 0 Å². The quantitative estimate of drug-likeness (QED) is 0.210. The van der Waals surface area contributed by atoms with Crippen LogP contribution in [0.3, 0.4) is 0 Å². The van der Waals surface area contributed by atoms with Crippen LogP contribution < -0.4 is 0 Å². The summed E-state index contributed by atoms with van der Waals surface area (Å²) < 4.78 is 0. The summed E-state index contributed by atoms with van der Waals surface area (Å²) >= 11 is 0. The van der Waals surface area contributed by atoms with Gasteiger partial charge in [0.05, 0.1) is 11.2 Å². The molecular formula is C43H30N2. The number of hydrogen-bond acceptors (Lipinski definition) is 2. The third-order valence-corrected chi connectivity index (χ3v) is 9.68. The predicted molar refractivity (Wildman–Crippen MR) is 188 cm³/mol. The van der Waals surface area contributed by atoms with Crippen molar-refractivity contribution in [1.82, 2.24) is 9.97 Å². The second-order valence-electron chi connectivity index (χ2n) is 12.5. The Morgan fingerprint density at radius 3 is 1.82 bits per heavy atom. The molecule has 1 aromatic heterocycles. The van der Waals surface area contributed by atoms with Gasteiger partial charge in [-0.05, 0) is 67.1 Å². The van der Waals surface area contributed by atoms with Crippen LogP contribution in [0.4, 0.5) is 0 Å². The van der Waals surface area contributed by atoms with E-state index >= 15 is 0 Å². The second-order valence-corrected chi connectivity index (χ2v) is 12.5. The number of hydrogen-bond donors (Lipinski definition) is 0. The van der Waals surface area contributed by atoms with E-state index in [1.807, 2.05) is 12.1 Å². The van der Waals surface area contributed by atoms with E-state index in [4.69, 9.17) is 9.97 Å². The molecular weight excluding hydrogens is 544 g/mol. The molecule has 212 valence electrons. The molecule has 9 rings (SSSR count). The van der Waals surface area contributed by atoms with E-state index in [-0.39, 0.29) is 5.41 Å². The minimum Gasteiger partial charge on any atom is -0.228 e. The zero-order chi connectivity index (χ0) is 30.1. The van der Waals surface area contributed by atoms with E-state index < -0.39 is 0 Å². The molecule has 7 aromatic carbocycles. The Kier molecular flexibility index (Phi) is 5.58. The molecule has 1 aliphatic carbocycles. The van der Waals surface area contributed by atoms with E-state index in [1.165, 1.54) is 49.5 Å². The lowest BCUT2D eigenvalue weighted by atomic mass is 9.79. The van der Waals surface area contributed by atoms with Gasteiger partial charge in [0.2, 0.25) is 0 Å². The number of aromatic nitrogens is 2. The first-order valence-electron chi connectivity index (χ1n) is 15.6. The van der Waals surface area contributed by atoms with Crippen LogP contribution >= 0.6 is 0 Å². The zero-order valence-electron chi connectivity index (χ0n) is 25.3. The maximum Gasteiger partial charge on any atom is 0.161 e. The Hall–Kier alpha value is -5.60. The first-order valence-corrected chi connectivity index (χ1v) is 15.6. The maximum absolute atomic E-state index is 5.21. The molecule has 0 atom stereocenters. The molecule has 0 unspecified atom stereocenters. The summed E-state index contributed by atoms with van der Waals surface area (Å²) in [7, 11) is 0. The van der Waals surface area contributed by atoms with Gasteiger partial charge < -0.3 is 0 Å². The van der Waals surface area contributed by atoms with Crippen molar-refractivity contribution in [3.8, 4) is 44.9 Å². The minimum absolute atomic E-state index is 0.0696. The first kappa shape index (κ1) is 25.9. The van der Waals surface area contributed by atoms with Crippen molar-refractivity contribution >= 4 is 32.4 Å². The Morgan fingerprint density at radius 1 is 0.400 bits per heavy atom. The molecule has 1 aliphatic rings. The van der Waals surface area contributed by atoms with Crippen molar-refractivity contribution < 1.29 is 0 Å². The van der Waals surface area contributed by atoms with E-state index in [1.54, 1.807) is 0 Å². The number of benzene rings is 7. The molecule has 0 fully saturated rings. The van der Waals surface area contributed by atoms with Crippen molar-refractivity contribution in [3.05, 3.63) is 157 Å². The van der Waals surface area contributed by atoms with Gasteiger partial charge in [0.1, 0.15) is 0 Å². The molecule has 0 saturated carbocycles. The van der Waals surface area contributed by atoms with Crippen LogP contribution in [0, 0.1) is 0 Å². The van der Waals surface area contributed by atoms with Crippen LogP contribution in [0.1, 0.15) is 25.0 Å². The first-order chi connectivity index (χ1) is 22.1. The molecule has 8 aromatic rings. The van der Waals surface area contributed by atoms with Gasteiger partial charge >= 0.3 is 0 Å². The van der Waals surface area contributed by atoms with Crippen LogP contribution in [-0.2, 0) is 5.41 Å². The number of fused-ring (bicyclic) bond motifs is 7. The zero-order valence-corrected chi connectivity index (χ0v) is 25.3. The average Bonchev–Trinajstić information content (AvgIpc) is 3.34.